The average Bonchev–Trinajstić information content (AvgIpc) is 2.68. The normalized spacial score (nSPS) is 23.4. The molecule has 0 bridgehead atoms. The summed E-state index contributed by atoms with van der Waals surface area (Å²) >= 11 is 0. The van der Waals surface area contributed by atoms with Crippen LogP contribution in [0.5, 0.6) is 0 Å². The van der Waals surface area contributed by atoms with Gasteiger partial charge in [-0.15, -0.1) is 0 Å². The molecule has 2 aromatic carbocycles. The van der Waals surface area contributed by atoms with Gasteiger partial charge in [-0.05, 0) is 37.6 Å². The Morgan fingerprint density at radius 2 is 2.05 bits per heavy atom. The summed E-state index contributed by atoms with van der Waals surface area (Å²) in [7, 11) is 2.88. The van der Waals surface area contributed by atoms with Crippen LogP contribution in [-0.2, 0) is 4.74 Å². The van der Waals surface area contributed by atoms with Crippen LogP contribution < -0.4 is 0 Å². The van der Waals surface area contributed by atoms with Gasteiger partial charge in [-0.2, -0.15) is 0 Å². The van der Waals surface area contributed by atoms with E-state index < -0.39 is 61.8 Å². The van der Waals surface area contributed by atoms with Crippen LogP contribution in [0.4, 0.5) is 0 Å². The van der Waals surface area contributed by atoms with E-state index in [1.807, 2.05) is 0 Å². The lowest BCUT2D eigenvalue weighted by atomic mass is 9.97. The van der Waals surface area contributed by atoms with Crippen molar-refractivity contribution in [3.63, 3.8) is 0 Å². The second-order valence-electron chi connectivity index (χ2n) is 4.22. The zero-order valence-corrected chi connectivity index (χ0v) is 11.4. The van der Waals surface area contributed by atoms with Crippen molar-refractivity contribution in [2.24, 2.45) is 0 Å². The lowest BCUT2D eigenvalue weighted by Crippen LogP contribution is -2.20. The maximum Gasteiger partial charge on any atom is 0.108 e. The van der Waals surface area contributed by atoms with Crippen molar-refractivity contribution >= 4 is 0 Å². The minimum Gasteiger partial charge on any atom is -0.367 e. The van der Waals surface area contributed by atoms with E-state index in [4.69, 9.17) is 19.8 Å². The molecule has 0 spiro atoms. The lowest BCUT2D eigenvalue weighted by molar-refractivity contribution is 0.0683. The Hall–Kier alpha value is -1.64. The number of rotatable bonds is 6. The Bertz CT molecular complexity index is 945. The molecule has 2 heteroatoms. The molecule has 0 heterocycles. The summed E-state index contributed by atoms with van der Waals surface area (Å²) in [6, 6.07) is 1.83. The highest BCUT2D eigenvalue weighted by atomic mass is 16.5. The van der Waals surface area contributed by atoms with Crippen molar-refractivity contribution in [1.82, 2.24) is 4.90 Å². The molecule has 2 aromatic rings. The summed E-state index contributed by atoms with van der Waals surface area (Å²) in [5, 5.41) is 0. The zero-order valence-electron chi connectivity index (χ0n) is 22.4. The van der Waals surface area contributed by atoms with E-state index in [1.165, 1.54) is 43.3 Å². The van der Waals surface area contributed by atoms with Crippen molar-refractivity contribution in [1.29, 1.82) is 0 Å². The van der Waals surface area contributed by atoms with E-state index in [0.29, 0.717) is 0 Å². The average molecular weight is 280 g/mol. The molecule has 0 saturated carbocycles. The van der Waals surface area contributed by atoms with E-state index in [2.05, 4.69) is 0 Å². The van der Waals surface area contributed by atoms with Gasteiger partial charge in [-0.1, -0.05) is 54.5 Å². The van der Waals surface area contributed by atoms with Crippen LogP contribution in [-0.4, -0.2) is 32.1 Å². The van der Waals surface area contributed by atoms with Gasteiger partial charge in [0.25, 0.3) is 0 Å². The molecule has 0 amide bonds. The molecule has 0 fully saturated rings. The number of aryl methyl sites for hydroxylation is 1. The quantitative estimate of drug-likeness (QED) is 0.800. The third kappa shape index (κ3) is 3.92. The van der Waals surface area contributed by atoms with E-state index in [9.17, 15) is 0 Å². The topological polar surface area (TPSA) is 12.5 Å². The molecule has 2 nitrogen and oxygen atoms in total. The predicted octanol–water partition coefficient (Wildman–Crippen LogP) is 3.66. The van der Waals surface area contributed by atoms with Crippen LogP contribution in [0.3, 0.4) is 0 Å². The Morgan fingerprint density at radius 3 is 2.75 bits per heavy atom. The zero-order chi connectivity index (χ0) is 23.9. The molecular weight excluding hydrogens is 246 g/mol. The molecule has 2 rings (SSSR count). The minimum atomic E-state index is -2.69. The van der Waals surface area contributed by atoms with Crippen molar-refractivity contribution in [3.8, 4) is 0 Å². The van der Waals surface area contributed by atoms with Gasteiger partial charge in [-0.25, -0.2) is 0 Å². The summed E-state index contributed by atoms with van der Waals surface area (Å²) in [5.74, 6) is 0. The molecular formula is C18H23NO. The highest BCUT2D eigenvalue weighted by Crippen LogP contribution is 2.28. The van der Waals surface area contributed by atoms with Crippen LogP contribution in [0.15, 0.2) is 54.5 Å². The highest BCUT2D eigenvalue weighted by Gasteiger charge is 2.16. The van der Waals surface area contributed by atoms with Crippen LogP contribution >= 0.6 is 0 Å². The van der Waals surface area contributed by atoms with Crippen molar-refractivity contribution in [2.75, 3.05) is 27.2 Å². The van der Waals surface area contributed by atoms with Gasteiger partial charge in [0, 0.05) is 13.4 Å². The van der Waals surface area contributed by atoms with E-state index in [1.54, 1.807) is 0 Å². The van der Waals surface area contributed by atoms with Crippen molar-refractivity contribution < 1.29 is 19.8 Å². The summed E-state index contributed by atoms with van der Waals surface area (Å²) in [5.41, 5.74) is -1.16. The molecule has 106 valence electrons. The van der Waals surface area contributed by atoms with Gasteiger partial charge in [0.2, 0.25) is 0 Å². The summed E-state index contributed by atoms with van der Waals surface area (Å²) < 4.78 is 94.5. The van der Waals surface area contributed by atoms with Crippen LogP contribution in [0.25, 0.3) is 0 Å². The Kier molecular flexibility index (Phi) is 2.17. The van der Waals surface area contributed by atoms with Gasteiger partial charge in [0.15, 0.2) is 0 Å². The first-order chi connectivity index (χ1) is 14.1. The van der Waals surface area contributed by atoms with E-state index >= 15 is 0 Å². The fourth-order valence-corrected chi connectivity index (χ4v) is 1.56. The van der Waals surface area contributed by atoms with Gasteiger partial charge in [0.1, 0.15) is 6.08 Å². The molecule has 1 unspecified atom stereocenters. The Labute approximate surface area is 137 Å². The fraction of sp³-hybridized carbons (Fsp3) is 0.333. The number of likely N-dealkylation sites (N-methyl/N-ethyl adjacent to an activating group) is 1. The molecule has 0 N–H and O–H groups in total. The number of hydrogen-bond acceptors (Lipinski definition) is 2. The molecule has 0 aliphatic rings. The maximum absolute atomic E-state index is 9.06. The van der Waals surface area contributed by atoms with E-state index in [0.717, 1.165) is 0 Å². The Balaban J connectivity index is 2.88. The van der Waals surface area contributed by atoms with Gasteiger partial charge < -0.3 is 9.64 Å². The number of ether oxygens (including phenoxy) is 1. The Morgan fingerprint density at radius 1 is 1.30 bits per heavy atom. The summed E-state index contributed by atoms with van der Waals surface area (Å²) in [6.45, 7) is -5.52. The van der Waals surface area contributed by atoms with Crippen molar-refractivity contribution in [2.45, 2.75) is 12.9 Å². The minimum absolute atomic E-state index is 0.261. The monoisotopic (exact) mass is 280 g/mol. The van der Waals surface area contributed by atoms with Crippen molar-refractivity contribution in [3.05, 3.63) is 71.2 Å². The van der Waals surface area contributed by atoms with Crippen LogP contribution in [0.1, 0.15) is 37.8 Å². The first-order valence-electron chi connectivity index (χ1n) is 11.5. The molecule has 1 atom stereocenters. The van der Waals surface area contributed by atoms with E-state index in [-0.39, 0.29) is 11.1 Å². The number of hydrogen-bond donors (Lipinski definition) is 0. The molecule has 20 heavy (non-hydrogen) atoms. The second-order valence-corrected chi connectivity index (χ2v) is 4.22. The molecule has 0 radical (unpaired) electrons. The standard InChI is InChI=1S/C18H23NO/c1-15-9-7-8-12-17(15)18(20-14-13-19(2)3)16-10-5-4-6-11-16/h4-12,18H,13-14H2,1-3H3/i1D3,4D,5D,6D,10D,11D,13D2,18D. The first kappa shape index (κ1) is 6.00. The van der Waals surface area contributed by atoms with Crippen LogP contribution in [0, 0.1) is 6.85 Å². The largest absolute Gasteiger partial charge is 0.367 e. The number of benzene rings is 2. The summed E-state index contributed by atoms with van der Waals surface area (Å²) in [4.78, 5) is 1.19. The molecule has 0 saturated heterocycles. The molecule has 0 aromatic heterocycles. The number of nitrogens with zero attached hydrogens (tertiary/aromatic N) is 1. The smallest absolute Gasteiger partial charge is 0.108 e. The second kappa shape index (κ2) is 7.22. The third-order valence-corrected chi connectivity index (χ3v) is 2.50. The van der Waals surface area contributed by atoms with Gasteiger partial charge in [-0.3, -0.25) is 0 Å². The molecule has 0 aliphatic heterocycles. The predicted molar refractivity (Wildman–Crippen MR) is 84.0 cm³/mol. The maximum atomic E-state index is 9.06. The first-order valence-corrected chi connectivity index (χ1v) is 6.04. The molecule has 0 aliphatic carbocycles. The van der Waals surface area contributed by atoms with Gasteiger partial charge >= 0.3 is 0 Å². The van der Waals surface area contributed by atoms with Crippen LogP contribution in [0.2, 0.25) is 0 Å². The lowest BCUT2D eigenvalue weighted by Gasteiger charge is -2.22. The summed E-state index contributed by atoms with van der Waals surface area (Å²) in [6.07, 6.45) is -2.60. The fourth-order valence-electron chi connectivity index (χ4n) is 1.56. The highest BCUT2D eigenvalue weighted by molar-refractivity contribution is 5.35. The SMILES string of the molecule is [2H]c1c([2H])c([2H])c(C([2H])(OCC([2H])([2H])N(C)C)c2ccccc2C([2H])([2H])[2H])c([2H])c1[2H]. The van der Waals surface area contributed by atoms with Gasteiger partial charge in [0.05, 0.1) is 14.8 Å². The third-order valence-electron chi connectivity index (χ3n) is 2.50.